The van der Waals surface area contributed by atoms with E-state index in [2.05, 4.69) is 23.9 Å². The van der Waals surface area contributed by atoms with Crippen LogP contribution in [0.4, 0.5) is 0 Å². The van der Waals surface area contributed by atoms with Gasteiger partial charge in [-0.2, -0.15) is 5.10 Å². The molecule has 0 N–H and O–H groups in total. The standard InChI is InChI=1S/C12H21N3O/c1-4-6-11(16)7-5-8-12-13-9-14-15(12)10(2)3/h9-10H,4-8H2,1-3H3. The highest BCUT2D eigenvalue weighted by Gasteiger charge is 2.08. The molecule has 1 rings (SSSR count). The van der Waals surface area contributed by atoms with Gasteiger partial charge in [-0.05, 0) is 26.7 Å². The summed E-state index contributed by atoms with van der Waals surface area (Å²) in [6.07, 6.45) is 5.62. The second kappa shape index (κ2) is 6.40. The summed E-state index contributed by atoms with van der Waals surface area (Å²) in [7, 11) is 0. The molecule has 0 fully saturated rings. The average molecular weight is 223 g/mol. The largest absolute Gasteiger partial charge is 0.300 e. The van der Waals surface area contributed by atoms with Gasteiger partial charge in [-0.1, -0.05) is 6.92 Å². The maximum atomic E-state index is 11.3. The number of ketones is 1. The van der Waals surface area contributed by atoms with E-state index >= 15 is 0 Å². The molecular weight excluding hydrogens is 202 g/mol. The first-order chi connectivity index (χ1) is 7.65. The fourth-order valence-electron chi connectivity index (χ4n) is 1.73. The van der Waals surface area contributed by atoms with E-state index in [1.54, 1.807) is 6.33 Å². The van der Waals surface area contributed by atoms with Crippen molar-refractivity contribution in [3.05, 3.63) is 12.2 Å². The molecule has 16 heavy (non-hydrogen) atoms. The number of aromatic nitrogens is 3. The number of carbonyl (C=O) groups excluding carboxylic acids is 1. The monoisotopic (exact) mass is 223 g/mol. The van der Waals surface area contributed by atoms with Crippen molar-refractivity contribution >= 4 is 5.78 Å². The quantitative estimate of drug-likeness (QED) is 0.713. The third-order valence-electron chi connectivity index (χ3n) is 2.52. The van der Waals surface area contributed by atoms with Gasteiger partial charge in [0.25, 0.3) is 0 Å². The highest BCUT2D eigenvalue weighted by molar-refractivity contribution is 5.78. The molecule has 0 radical (unpaired) electrons. The predicted molar refractivity (Wildman–Crippen MR) is 63.3 cm³/mol. The van der Waals surface area contributed by atoms with E-state index in [4.69, 9.17) is 0 Å². The molecule has 1 heterocycles. The van der Waals surface area contributed by atoms with Gasteiger partial charge in [-0.25, -0.2) is 9.67 Å². The minimum absolute atomic E-state index is 0.337. The predicted octanol–water partition coefficient (Wildman–Crippen LogP) is 2.55. The Morgan fingerprint density at radius 2 is 2.19 bits per heavy atom. The zero-order valence-electron chi connectivity index (χ0n) is 10.4. The van der Waals surface area contributed by atoms with Crippen molar-refractivity contribution in [2.24, 2.45) is 0 Å². The second-order valence-electron chi connectivity index (χ2n) is 4.36. The van der Waals surface area contributed by atoms with E-state index in [9.17, 15) is 4.79 Å². The second-order valence-corrected chi connectivity index (χ2v) is 4.36. The van der Waals surface area contributed by atoms with Gasteiger partial charge in [-0.15, -0.1) is 0 Å². The topological polar surface area (TPSA) is 47.8 Å². The molecule has 0 unspecified atom stereocenters. The van der Waals surface area contributed by atoms with Gasteiger partial charge in [0.1, 0.15) is 17.9 Å². The summed E-state index contributed by atoms with van der Waals surface area (Å²) < 4.78 is 1.92. The number of Topliss-reactive ketones (excluding diaryl/α,β-unsaturated/α-hetero) is 1. The molecule has 0 atom stereocenters. The molecular formula is C12H21N3O. The van der Waals surface area contributed by atoms with Gasteiger partial charge in [0.15, 0.2) is 0 Å². The Bertz CT molecular complexity index is 331. The number of nitrogens with zero attached hydrogens (tertiary/aromatic N) is 3. The summed E-state index contributed by atoms with van der Waals surface area (Å²) in [4.78, 5) is 15.6. The first-order valence-electron chi connectivity index (χ1n) is 6.05. The Balaban J connectivity index is 2.37. The average Bonchev–Trinajstić information content (AvgIpc) is 2.66. The van der Waals surface area contributed by atoms with Gasteiger partial charge in [0.05, 0.1) is 0 Å². The van der Waals surface area contributed by atoms with Crippen LogP contribution < -0.4 is 0 Å². The van der Waals surface area contributed by atoms with Crippen LogP contribution in [0.1, 0.15) is 58.3 Å². The van der Waals surface area contributed by atoms with Crippen LogP contribution in [0.25, 0.3) is 0 Å². The van der Waals surface area contributed by atoms with E-state index in [1.165, 1.54) is 0 Å². The van der Waals surface area contributed by atoms with Crippen LogP contribution in [-0.4, -0.2) is 20.5 Å². The van der Waals surface area contributed by atoms with Crippen LogP contribution in [0, 0.1) is 0 Å². The molecule has 0 aliphatic carbocycles. The highest BCUT2D eigenvalue weighted by Crippen LogP contribution is 2.09. The lowest BCUT2D eigenvalue weighted by atomic mass is 10.1. The SMILES string of the molecule is CCCC(=O)CCCc1ncnn1C(C)C. The van der Waals surface area contributed by atoms with Crippen molar-refractivity contribution in [3.63, 3.8) is 0 Å². The van der Waals surface area contributed by atoms with Crippen molar-refractivity contribution in [3.8, 4) is 0 Å². The Morgan fingerprint density at radius 1 is 1.44 bits per heavy atom. The molecule has 0 aliphatic heterocycles. The lowest BCUT2D eigenvalue weighted by Crippen LogP contribution is -2.09. The van der Waals surface area contributed by atoms with Crippen LogP contribution in [0.3, 0.4) is 0 Å². The van der Waals surface area contributed by atoms with Crippen molar-refractivity contribution in [1.29, 1.82) is 0 Å². The Kier molecular flexibility index (Phi) is 5.15. The first kappa shape index (κ1) is 12.9. The Labute approximate surface area is 97.1 Å². The number of rotatable bonds is 7. The molecule has 90 valence electrons. The molecule has 4 heteroatoms. The lowest BCUT2D eigenvalue weighted by Gasteiger charge is -2.08. The Hall–Kier alpha value is -1.19. The minimum Gasteiger partial charge on any atom is -0.300 e. The van der Waals surface area contributed by atoms with E-state index in [0.29, 0.717) is 24.7 Å². The van der Waals surface area contributed by atoms with Gasteiger partial charge >= 0.3 is 0 Å². The van der Waals surface area contributed by atoms with Gasteiger partial charge in [0.2, 0.25) is 0 Å². The summed E-state index contributed by atoms with van der Waals surface area (Å²) in [5.41, 5.74) is 0. The number of hydrogen-bond acceptors (Lipinski definition) is 3. The van der Waals surface area contributed by atoms with Crippen LogP contribution in [0.5, 0.6) is 0 Å². The normalized spacial score (nSPS) is 11.0. The zero-order chi connectivity index (χ0) is 12.0. The van der Waals surface area contributed by atoms with E-state index < -0.39 is 0 Å². The van der Waals surface area contributed by atoms with E-state index in [-0.39, 0.29) is 0 Å². The maximum absolute atomic E-state index is 11.3. The Morgan fingerprint density at radius 3 is 2.81 bits per heavy atom. The molecule has 0 saturated heterocycles. The number of carbonyl (C=O) groups is 1. The van der Waals surface area contributed by atoms with Crippen molar-refractivity contribution in [2.75, 3.05) is 0 Å². The van der Waals surface area contributed by atoms with Crippen molar-refractivity contribution in [1.82, 2.24) is 14.8 Å². The third-order valence-corrected chi connectivity index (χ3v) is 2.52. The molecule has 0 saturated carbocycles. The summed E-state index contributed by atoms with van der Waals surface area (Å²) >= 11 is 0. The maximum Gasteiger partial charge on any atom is 0.138 e. The molecule has 0 spiro atoms. The van der Waals surface area contributed by atoms with E-state index in [0.717, 1.165) is 25.1 Å². The van der Waals surface area contributed by atoms with Gasteiger partial charge in [0, 0.05) is 25.3 Å². The van der Waals surface area contributed by atoms with Crippen LogP contribution in [0.15, 0.2) is 6.33 Å². The van der Waals surface area contributed by atoms with Gasteiger partial charge < -0.3 is 0 Å². The van der Waals surface area contributed by atoms with Crippen LogP contribution >= 0.6 is 0 Å². The molecule has 0 aliphatic rings. The summed E-state index contributed by atoms with van der Waals surface area (Å²) in [5.74, 6) is 1.34. The van der Waals surface area contributed by atoms with E-state index in [1.807, 2.05) is 11.6 Å². The van der Waals surface area contributed by atoms with Crippen molar-refractivity contribution in [2.45, 2.75) is 58.9 Å². The molecule has 0 aromatic carbocycles. The number of hydrogen-bond donors (Lipinski definition) is 0. The summed E-state index contributed by atoms with van der Waals surface area (Å²) in [5, 5.41) is 4.17. The molecule has 4 nitrogen and oxygen atoms in total. The summed E-state index contributed by atoms with van der Waals surface area (Å²) in [6.45, 7) is 6.20. The molecule has 0 amide bonds. The van der Waals surface area contributed by atoms with Crippen LogP contribution in [0.2, 0.25) is 0 Å². The summed E-state index contributed by atoms with van der Waals surface area (Å²) in [6, 6.07) is 0.337. The number of aryl methyl sites for hydroxylation is 1. The molecule has 1 aromatic heterocycles. The minimum atomic E-state index is 0.337. The lowest BCUT2D eigenvalue weighted by molar-refractivity contribution is -0.119. The highest BCUT2D eigenvalue weighted by atomic mass is 16.1. The first-order valence-corrected chi connectivity index (χ1v) is 6.05. The molecule has 0 bridgehead atoms. The zero-order valence-corrected chi connectivity index (χ0v) is 10.4. The van der Waals surface area contributed by atoms with Crippen LogP contribution in [-0.2, 0) is 11.2 Å². The fraction of sp³-hybridized carbons (Fsp3) is 0.750. The third kappa shape index (κ3) is 3.76. The van der Waals surface area contributed by atoms with Crippen molar-refractivity contribution < 1.29 is 4.79 Å². The fourth-order valence-corrected chi connectivity index (χ4v) is 1.73. The molecule has 1 aromatic rings. The van der Waals surface area contributed by atoms with Gasteiger partial charge in [-0.3, -0.25) is 4.79 Å². The smallest absolute Gasteiger partial charge is 0.138 e.